The smallest absolute Gasteiger partial charge is 0.175 e. The second-order valence-electron chi connectivity index (χ2n) is 10.7. The third kappa shape index (κ3) is 7.09. The quantitative estimate of drug-likeness (QED) is 0.0770. The second kappa shape index (κ2) is 13.9. The molecule has 3 heterocycles. The number of rotatable bonds is 13. The maximum absolute atomic E-state index is 12.8. The number of nitrogens with zero attached hydrogens (tertiary/aromatic N) is 4. The number of aromatic nitrogens is 1. The van der Waals surface area contributed by atoms with Crippen LogP contribution < -0.4 is 9.80 Å². The molecule has 6 aromatic rings. The average Bonchev–Trinajstić information content (AvgIpc) is 3.78. The minimum atomic E-state index is 0.0884. The zero-order chi connectivity index (χ0) is 31.3. The molecule has 0 saturated heterocycles. The number of nitriles is 1. The number of carbonyl (C=O) groups excluding carboxylic acids is 1. The fourth-order valence-corrected chi connectivity index (χ4v) is 8.05. The second-order valence-corrected chi connectivity index (χ2v) is 13.9. The summed E-state index contributed by atoms with van der Waals surface area (Å²) in [7, 11) is 3.98. The zero-order valence-corrected chi connectivity index (χ0v) is 27.5. The Morgan fingerprint density at radius 2 is 1.60 bits per heavy atom. The van der Waals surface area contributed by atoms with Crippen LogP contribution in [0.2, 0.25) is 0 Å². The predicted molar refractivity (Wildman–Crippen MR) is 190 cm³/mol. The number of aliphatic hydroxyl groups is 1. The Morgan fingerprint density at radius 3 is 2.33 bits per heavy atom. The van der Waals surface area contributed by atoms with Gasteiger partial charge in [-0.3, -0.25) is 4.79 Å². The van der Waals surface area contributed by atoms with Crippen molar-refractivity contribution in [2.45, 2.75) is 6.42 Å². The summed E-state index contributed by atoms with van der Waals surface area (Å²) in [6.45, 7) is 2.24. The molecule has 0 aliphatic heterocycles. The molecule has 1 N–H and O–H groups in total. The van der Waals surface area contributed by atoms with E-state index in [1.165, 1.54) is 22.7 Å². The largest absolute Gasteiger partial charge is 0.395 e. The van der Waals surface area contributed by atoms with Gasteiger partial charge >= 0.3 is 0 Å². The molecule has 45 heavy (non-hydrogen) atoms. The summed E-state index contributed by atoms with van der Waals surface area (Å²) < 4.78 is 9.13. The van der Waals surface area contributed by atoms with Crippen molar-refractivity contribution in [3.63, 3.8) is 0 Å². The van der Waals surface area contributed by atoms with Gasteiger partial charge in [-0.1, -0.05) is 24.3 Å². The summed E-state index contributed by atoms with van der Waals surface area (Å²) in [6.07, 6.45) is 2.27. The number of hydrogen-bond donors (Lipinski definition) is 1. The summed E-state index contributed by atoms with van der Waals surface area (Å²) in [6, 6.07) is 26.8. The molecule has 7 nitrogen and oxygen atoms in total. The lowest BCUT2D eigenvalue weighted by Crippen LogP contribution is -2.22. The summed E-state index contributed by atoms with van der Waals surface area (Å²) in [5, 5.41) is 22.0. The molecule has 0 atom stereocenters. The van der Waals surface area contributed by atoms with E-state index in [2.05, 4.69) is 46.3 Å². The molecule has 0 amide bonds. The Balaban J connectivity index is 1.02. The number of ether oxygens (including phenoxy) is 1. The fourth-order valence-electron chi connectivity index (χ4n) is 5.01. The number of ketones is 1. The Labute approximate surface area is 273 Å². The first-order chi connectivity index (χ1) is 21.9. The molecule has 0 spiro atoms. The molecule has 0 unspecified atom stereocenters. The molecular formula is C35H32N4O3S3. The number of allylic oxidation sites excluding steroid dienone is 1. The van der Waals surface area contributed by atoms with Gasteiger partial charge in [-0.15, -0.1) is 34.0 Å². The van der Waals surface area contributed by atoms with Crippen LogP contribution in [0.4, 0.5) is 11.4 Å². The maximum atomic E-state index is 12.8. The molecule has 228 valence electrons. The van der Waals surface area contributed by atoms with E-state index in [-0.39, 0.29) is 12.4 Å². The van der Waals surface area contributed by atoms with Crippen LogP contribution in [0.5, 0.6) is 0 Å². The van der Waals surface area contributed by atoms with Crippen molar-refractivity contribution in [1.82, 2.24) is 4.98 Å². The molecule has 3 aromatic heterocycles. The van der Waals surface area contributed by atoms with Gasteiger partial charge in [0.2, 0.25) is 0 Å². The number of likely N-dealkylation sites (N-methyl/N-ethyl adjacent to an activating group) is 2. The minimum absolute atomic E-state index is 0.0884. The lowest BCUT2D eigenvalue weighted by molar-refractivity contribution is 0.0891. The topological polar surface area (TPSA) is 89.7 Å². The maximum Gasteiger partial charge on any atom is 0.175 e. The minimum Gasteiger partial charge on any atom is -0.395 e. The molecule has 0 bridgehead atoms. The molecule has 0 radical (unpaired) electrons. The molecule has 0 saturated carbocycles. The standard InChI is InChI=1S/C35H32N4O3S3/c1-38(12-14-40)26-10-8-24-19-34(44-33(24)21-26)30(41)11-15-42-16-13-39(2)27-9-7-23-17-28(43-32(23)20-27)18-25(22-36)35-37-29-5-3-4-6-31(29)45-35/h3-10,17-21,40H,11-16H2,1-2H3/b25-18-. The van der Waals surface area contributed by atoms with E-state index < -0.39 is 0 Å². The summed E-state index contributed by atoms with van der Waals surface area (Å²) in [5.41, 5.74) is 3.58. The van der Waals surface area contributed by atoms with Gasteiger partial charge in [0.15, 0.2) is 5.78 Å². The normalized spacial score (nSPS) is 11.8. The molecule has 0 fully saturated rings. The van der Waals surface area contributed by atoms with Crippen LogP contribution in [0.25, 0.3) is 42.0 Å². The number of benzene rings is 3. The van der Waals surface area contributed by atoms with Crippen LogP contribution >= 0.6 is 34.0 Å². The molecular weight excluding hydrogens is 621 g/mol. The highest BCUT2D eigenvalue weighted by Gasteiger charge is 2.13. The SMILES string of the molecule is CN(CCO)c1ccc2cc(C(=O)CCOCCN(C)c3ccc4cc(/C=C(/C#N)c5nc6ccccc6s5)sc4c3)sc2c1. The van der Waals surface area contributed by atoms with Crippen LogP contribution in [-0.4, -0.2) is 62.9 Å². The van der Waals surface area contributed by atoms with Gasteiger partial charge in [0.05, 0.1) is 40.5 Å². The first kappa shape index (κ1) is 30.9. The highest BCUT2D eigenvalue weighted by molar-refractivity contribution is 7.21. The molecule has 6 rings (SSSR count). The molecule has 0 aliphatic carbocycles. The number of thiazole rings is 1. The van der Waals surface area contributed by atoms with Crippen LogP contribution in [0.15, 0.2) is 72.8 Å². The predicted octanol–water partition coefficient (Wildman–Crippen LogP) is 7.94. The van der Waals surface area contributed by atoms with Crippen LogP contribution in [0.1, 0.15) is 26.0 Å². The highest BCUT2D eigenvalue weighted by Crippen LogP contribution is 2.34. The number of aliphatic hydroxyl groups excluding tert-OH is 1. The zero-order valence-electron chi connectivity index (χ0n) is 25.0. The van der Waals surface area contributed by atoms with Gasteiger partial charge in [-0.2, -0.15) is 5.26 Å². The Bertz CT molecular complexity index is 2020. The first-order valence-corrected chi connectivity index (χ1v) is 17.1. The number of fused-ring (bicyclic) bond motifs is 3. The Hall–Kier alpha value is -4.11. The fraction of sp³-hybridized carbons (Fsp3) is 0.229. The van der Waals surface area contributed by atoms with E-state index in [0.717, 1.165) is 56.5 Å². The van der Waals surface area contributed by atoms with E-state index in [1.807, 2.05) is 67.5 Å². The van der Waals surface area contributed by atoms with E-state index in [9.17, 15) is 15.2 Å². The van der Waals surface area contributed by atoms with Crippen molar-refractivity contribution in [3.05, 3.63) is 87.6 Å². The van der Waals surface area contributed by atoms with Gasteiger partial charge < -0.3 is 19.6 Å². The van der Waals surface area contributed by atoms with E-state index in [0.29, 0.717) is 38.3 Å². The number of thiophene rings is 2. The third-order valence-electron chi connectivity index (χ3n) is 7.59. The number of Topliss-reactive ketones (excluding diaryl/α,β-unsaturated/α-hetero) is 1. The van der Waals surface area contributed by atoms with Crippen molar-refractivity contribution < 1.29 is 14.6 Å². The van der Waals surface area contributed by atoms with Gasteiger partial charge in [0.1, 0.15) is 11.1 Å². The van der Waals surface area contributed by atoms with Crippen molar-refractivity contribution in [2.75, 3.05) is 56.8 Å². The van der Waals surface area contributed by atoms with Gasteiger partial charge in [0.25, 0.3) is 0 Å². The molecule has 0 aliphatic rings. The first-order valence-electron chi connectivity index (χ1n) is 14.6. The third-order valence-corrected chi connectivity index (χ3v) is 10.8. The lowest BCUT2D eigenvalue weighted by Gasteiger charge is -2.19. The number of hydrogen-bond acceptors (Lipinski definition) is 10. The lowest BCUT2D eigenvalue weighted by atomic mass is 10.2. The molecule has 10 heteroatoms. The van der Waals surface area contributed by atoms with Crippen molar-refractivity contribution >= 4 is 93.2 Å². The van der Waals surface area contributed by atoms with Gasteiger partial charge in [0, 0.05) is 59.3 Å². The van der Waals surface area contributed by atoms with Crippen LogP contribution in [0, 0.1) is 11.3 Å². The van der Waals surface area contributed by atoms with Gasteiger partial charge in [-0.25, -0.2) is 4.98 Å². The summed E-state index contributed by atoms with van der Waals surface area (Å²) >= 11 is 4.69. The van der Waals surface area contributed by atoms with E-state index >= 15 is 0 Å². The number of carbonyl (C=O) groups is 1. The summed E-state index contributed by atoms with van der Waals surface area (Å²) in [4.78, 5) is 23.4. The Kier molecular flexibility index (Phi) is 9.54. The van der Waals surface area contributed by atoms with Crippen molar-refractivity contribution in [1.29, 1.82) is 5.26 Å². The molecule has 3 aromatic carbocycles. The van der Waals surface area contributed by atoms with Crippen LogP contribution in [-0.2, 0) is 4.74 Å². The van der Waals surface area contributed by atoms with Crippen molar-refractivity contribution in [2.24, 2.45) is 0 Å². The average molecular weight is 653 g/mol. The number of anilines is 2. The Morgan fingerprint density at radius 1 is 0.889 bits per heavy atom. The van der Waals surface area contributed by atoms with Crippen molar-refractivity contribution in [3.8, 4) is 6.07 Å². The highest BCUT2D eigenvalue weighted by atomic mass is 32.1. The number of para-hydroxylation sites is 1. The monoisotopic (exact) mass is 652 g/mol. The van der Waals surface area contributed by atoms with E-state index in [1.54, 1.807) is 11.3 Å². The van der Waals surface area contributed by atoms with E-state index in [4.69, 9.17) is 4.74 Å². The summed E-state index contributed by atoms with van der Waals surface area (Å²) in [5.74, 6) is 0.0884. The van der Waals surface area contributed by atoms with Gasteiger partial charge in [-0.05, 0) is 65.4 Å². The van der Waals surface area contributed by atoms with Crippen LogP contribution in [0.3, 0.4) is 0 Å².